The Bertz CT molecular complexity index is 581. The summed E-state index contributed by atoms with van der Waals surface area (Å²) in [5.74, 6) is -0.299. The van der Waals surface area contributed by atoms with Crippen LogP contribution < -0.4 is 5.32 Å². The summed E-state index contributed by atoms with van der Waals surface area (Å²) in [5.41, 5.74) is -1.74. The molecule has 0 radical (unpaired) electrons. The molecule has 0 aliphatic heterocycles. The van der Waals surface area contributed by atoms with Gasteiger partial charge in [0.15, 0.2) is 5.72 Å². The van der Waals surface area contributed by atoms with Crippen LogP contribution in [0.25, 0.3) is 0 Å². The number of amides is 1. The molecule has 2 atom stereocenters. The number of hydrogen-bond donors (Lipinski definition) is 3. The molecule has 1 amide bonds. The van der Waals surface area contributed by atoms with Crippen LogP contribution in [0.4, 0.5) is 0 Å². The fraction of sp³-hybridized carbons (Fsp3) is 0.962. The van der Waals surface area contributed by atoms with Crippen LogP contribution in [0.2, 0.25) is 0 Å². The lowest BCUT2D eigenvalue weighted by molar-refractivity contribution is -0.870. The maximum atomic E-state index is 12.1. The number of hydrogen-bond acceptors (Lipinski definition) is 5. The Hall–Kier alpha value is -0.500. The molecule has 0 aromatic rings. The van der Waals surface area contributed by atoms with Crippen LogP contribution in [0.5, 0.6) is 0 Å². The van der Waals surface area contributed by atoms with Crippen molar-refractivity contribution in [2.45, 2.75) is 122 Å². The van der Waals surface area contributed by atoms with Gasteiger partial charge in [-0.05, 0) is 13.3 Å². The van der Waals surface area contributed by atoms with E-state index in [0.717, 1.165) is 19.3 Å². The normalized spacial score (nSPS) is 15.5. The van der Waals surface area contributed by atoms with E-state index in [1.165, 1.54) is 84.0 Å². The Morgan fingerprint density at radius 3 is 1.69 bits per heavy atom. The zero-order valence-electron chi connectivity index (χ0n) is 23.4. The van der Waals surface area contributed by atoms with Gasteiger partial charge in [0.05, 0.1) is 21.1 Å². The van der Waals surface area contributed by atoms with Crippen molar-refractivity contribution in [1.82, 2.24) is 5.32 Å². The van der Waals surface area contributed by atoms with Crippen LogP contribution in [0.3, 0.4) is 0 Å². The number of nitrogens with zero attached hydrogens (tertiary/aromatic N) is 1. The second kappa shape index (κ2) is 19.6. The highest BCUT2D eigenvalue weighted by atomic mass is 31.2. The number of quaternary nitrogens is 1. The molecular formula is C26H56N2O6P+. The number of aliphatic hydroxyl groups is 1. The highest BCUT2D eigenvalue weighted by Crippen LogP contribution is 2.43. The average Bonchev–Trinajstić information content (AvgIpc) is 2.74. The third kappa shape index (κ3) is 25.0. The van der Waals surface area contributed by atoms with E-state index in [1.54, 1.807) is 0 Å². The summed E-state index contributed by atoms with van der Waals surface area (Å²) in [7, 11) is 1.51. The van der Waals surface area contributed by atoms with Crippen LogP contribution in [0.1, 0.15) is 117 Å². The van der Waals surface area contributed by atoms with E-state index < -0.39 is 20.2 Å². The molecule has 0 saturated carbocycles. The number of likely N-dealkylation sites (N-methyl/N-ethyl adjacent to an activating group) is 1. The third-order valence-electron chi connectivity index (χ3n) is 5.94. The van der Waals surface area contributed by atoms with Crippen LogP contribution in [0.15, 0.2) is 0 Å². The Labute approximate surface area is 215 Å². The summed E-state index contributed by atoms with van der Waals surface area (Å²) < 4.78 is 22.3. The molecule has 0 rings (SSSR count). The van der Waals surface area contributed by atoms with Crippen LogP contribution in [0, 0.1) is 0 Å². The van der Waals surface area contributed by atoms with Gasteiger partial charge in [-0.25, -0.2) is 4.57 Å². The van der Waals surface area contributed by atoms with Gasteiger partial charge < -0.3 is 19.8 Å². The molecule has 0 heterocycles. The van der Waals surface area contributed by atoms with Crippen molar-refractivity contribution in [1.29, 1.82) is 0 Å². The minimum absolute atomic E-state index is 0.0466. The number of phosphoric ester groups is 1. The summed E-state index contributed by atoms with van der Waals surface area (Å²) in [5, 5.41) is 12.7. The minimum atomic E-state index is -4.29. The molecule has 0 saturated heterocycles. The molecule has 0 bridgehead atoms. The molecule has 0 spiro atoms. The molecule has 8 nitrogen and oxygen atoms in total. The smallest absolute Gasteiger partial charge is 0.369 e. The average molecular weight is 524 g/mol. The highest BCUT2D eigenvalue weighted by Gasteiger charge is 2.30. The van der Waals surface area contributed by atoms with E-state index in [1.807, 2.05) is 21.1 Å². The largest absolute Gasteiger partial charge is 0.472 e. The Kier molecular flexibility index (Phi) is 19.3. The molecule has 0 aliphatic carbocycles. The lowest BCUT2D eigenvalue weighted by Crippen LogP contribution is -2.49. The predicted molar refractivity (Wildman–Crippen MR) is 143 cm³/mol. The number of carbonyl (C=O) groups excluding carboxylic acids is 1. The topological polar surface area (TPSA) is 105 Å². The first-order valence-electron chi connectivity index (χ1n) is 13.8. The van der Waals surface area contributed by atoms with Crippen molar-refractivity contribution in [3.8, 4) is 0 Å². The van der Waals surface area contributed by atoms with Gasteiger partial charge in [0.1, 0.15) is 19.8 Å². The monoisotopic (exact) mass is 523 g/mol. The van der Waals surface area contributed by atoms with Crippen LogP contribution in [-0.2, 0) is 18.4 Å². The molecule has 9 heteroatoms. The van der Waals surface area contributed by atoms with Crippen molar-refractivity contribution in [3.63, 3.8) is 0 Å². The first-order valence-corrected chi connectivity index (χ1v) is 15.3. The number of rotatable bonds is 24. The van der Waals surface area contributed by atoms with Gasteiger partial charge in [0.25, 0.3) is 0 Å². The van der Waals surface area contributed by atoms with Gasteiger partial charge >= 0.3 is 7.82 Å². The summed E-state index contributed by atoms with van der Waals surface area (Å²) in [6.07, 6.45) is 19.2. The van der Waals surface area contributed by atoms with Crippen molar-refractivity contribution < 1.29 is 32.9 Å². The van der Waals surface area contributed by atoms with E-state index in [2.05, 4.69) is 12.2 Å². The third-order valence-corrected chi connectivity index (χ3v) is 6.91. The van der Waals surface area contributed by atoms with Gasteiger partial charge in [0.2, 0.25) is 5.91 Å². The Morgan fingerprint density at radius 2 is 1.26 bits per heavy atom. The van der Waals surface area contributed by atoms with Crippen molar-refractivity contribution in [2.24, 2.45) is 0 Å². The van der Waals surface area contributed by atoms with Gasteiger partial charge in [-0.2, -0.15) is 0 Å². The van der Waals surface area contributed by atoms with Crippen LogP contribution in [-0.4, -0.2) is 67.0 Å². The van der Waals surface area contributed by atoms with E-state index in [4.69, 9.17) is 9.05 Å². The molecule has 35 heavy (non-hydrogen) atoms. The molecule has 1 unspecified atom stereocenters. The fourth-order valence-corrected chi connectivity index (χ4v) is 4.53. The molecule has 3 N–H and O–H groups in total. The number of unbranched alkanes of at least 4 members (excludes halogenated alkanes) is 14. The maximum Gasteiger partial charge on any atom is 0.472 e. The molecule has 0 fully saturated rings. The van der Waals surface area contributed by atoms with E-state index >= 15 is 0 Å². The predicted octanol–water partition coefficient (Wildman–Crippen LogP) is 5.91. The highest BCUT2D eigenvalue weighted by molar-refractivity contribution is 7.47. The van der Waals surface area contributed by atoms with Gasteiger partial charge in [-0.1, -0.05) is 96.8 Å². The molecule has 0 aromatic heterocycles. The van der Waals surface area contributed by atoms with E-state index in [0.29, 0.717) is 17.4 Å². The summed E-state index contributed by atoms with van der Waals surface area (Å²) in [6, 6.07) is 0. The zero-order chi connectivity index (χ0) is 26.6. The molecular weight excluding hydrogens is 467 g/mol. The van der Waals surface area contributed by atoms with Crippen molar-refractivity contribution in [2.75, 3.05) is 40.9 Å². The van der Waals surface area contributed by atoms with E-state index in [9.17, 15) is 19.4 Å². The lowest BCUT2D eigenvalue weighted by Gasteiger charge is -2.26. The van der Waals surface area contributed by atoms with Crippen molar-refractivity contribution >= 4 is 13.7 Å². The molecule has 0 aromatic carbocycles. The lowest BCUT2D eigenvalue weighted by atomic mass is 10.0. The fourth-order valence-electron chi connectivity index (χ4n) is 3.73. The molecule has 0 aliphatic rings. The van der Waals surface area contributed by atoms with Gasteiger partial charge in [-0.3, -0.25) is 13.8 Å². The molecule has 210 valence electrons. The summed E-state index contributed by atoms with van der Waals surface area (Å²) in [4.78, 5) is 21.8. The van der Waals surface area contributed by atoms with Gasteiger partial charge in [0, 0.05) is 6.42 Å². The second-order valence-electron chi connectivity index (χ2n) is 11.1. The summed E-state index contributed by atoms with van der Waals surface area (Å²) >= 11 is 0. The number of nitrogens with one attached hydrogen (secondary N) is 1. The second-order valence-corrected chi connectivity index (χ2v) is 12.6. The van der Waals surface area contributed by atoms with Crippen LogP contribution >= 0.6 is 7.82 Å². The maximum absolute atomic E-state index is 12.1. The summed E-state index contributed by atoms with van der Waals surface area (Å²) in [6.45, 7) is 3.64. The minimum Gasteiger partial charge on any atom is -0.369 e. The SMILES string of the molecule is CCCCCCCCCCCCCCCCCC(=O)N[C@@](C)(O)COP(=O)(O)OCC[N+](C)(C)C. The standard InChI is InChI=1S/C26H55N2O6P/c1-6-7-8-9-10-11-12-13-14-15-16-17-18-19-20-21-25(29)27-26(2,30)24-34-35(31,32)33-23-22-28(3,4)5/h30H,6-24H2,1-5H3,(H-,27,29,31,32)/p+1/t26-/m0/s1. The zero-order valence-corrected chi connectivity index (χ0v) is 24.3. The van der Waals surface area contributed by atoms with E-state index in [-0.39, 0.29) is 12.5 Å². The number of carbonyl (C=O) groups is 1. The van der Waals surface area contributed by atoms with Crippen molar-refractivity contribution in [3.05, 3.63) is 0 Å². The number of phosphoric acid groups is 1. The van der Waals surface area contributed by atoms with Gasteiger partial charge in [-0.15, -0.1) is 0 Å². The first-order chi connectivity index (χ1) is 16.4. The first kappa shape index (κ1) is 34.5. The Balaban J connectivity index is 3.70. The Morgan fingerprint density at radius 1 is 0.829 bits per heavy atom. The quantitative estimate of drug-likeness (QED) is 0.0628.